The molecule has 2 amide bonds. The van der Waals surface area contributed by atoms with E-state index >= 15 is 0 Å². The van der Waals surface area contributed by atoms with Crippen LogP contribution in [0.2, 0.25) is 0 Å². The topological polar surface area (TPSA) is 66.7 Å². The zero-order valence-corrected chi connectivity index (χ0v) is 17.4. The fourth-order valence-corrected chi connectivity index (χ4v) is 5.22. The Hall–Kier alpha value is -2.63. The van der Waals surface area contributed by atoms with Crippen LogP contribution in [0.4, 0.5) is 0 Å². The van der Waals surface area contributed by atoms with Crippen LogP contribution in [0, 0.1) is 13.8 Å². The van der Waals surface area contributed by atoms with Crippen LogP contribution >= 0.6 is 0 Å². The summed E-state index contributed by atoms with van der Waals surface area (Å²) < 4.78 is 5.26. The third-order valence-corrected chi connectivity index (χ3v) is 6.54. The molecule has 3 heterocycles. The van der Waals surface area contributed by atoms with Crippen molar-refractivity contribution in [3.05, 3.63) is 52.9 Å². The lowest BCUT2D eigenvalue weighted by molar-refractivity contribution is -0.133. The van der Waals surface area contributed by atoms with Crippen LogP contribution in [0.1, 0.15) is 65.9 Å². The summed E-state index contributed by atoms with van der Waals surface area (Å²) in [7, 11) is 0. The molecule has 6 nitrogen and oxygen atoms in total. The van der Waals surface area contributed by atoms with E-state index in [0.29, 0.717) is 23.6 Å². The van der Waals surface area contributed by atoms with Gasteiger partial charge in [0.15, 0.2) is 0 Å². The molecule has 3 atom stereocenters. The molecule has 2 saturated heterocycles. The van der Waals surface area contributed by atoms with Crippen LogP contribution in [0.5, 0.6) is 0 Å². The van der Waals surface area contributed by atoms with Gasteiger partial charge >= 0.3 is 0 Å². The highest BCUT2D eigenvalue weighted by Gasteiger charge is 2.46. The second-order valence-electron chi connectivity index (χ2n) is 8.27. The van der Waals surface area contributed by atoms with Crippen LogP contribution < -0.4 is 0 Å². The fourth-order valence-electron chi connectivity index (χ4n) is 5.22. The van der Waals surface area contributed by atoms with Gasteiger partial charge in [0.05, 0.1) is 17.8 Å². The minimum absolute atomic E-state index is 0.00144. The van der Waals surface area contributed by atoms with E-state index in [4.69, 9.17) is 4.52 Å². The van der Waals surface area contributed by atoms with Gasteiger partial charge in [0.2, 0.25) is 5.91 Å². The SMILES string of the molecule is CC(=O)N1CCCC[C@@H]2[C@H]1[C@@H](c1ccccc1)CCN2C(=O)c1c(C)noc1C. The molecule has 0 N–H and O–H groups in total. The summed E-state index contributed by atoms with van der Waals surface area (Å²) in [5, 5.41) is 3.97. The largest absolute Gasteiger partial charge is 0.361 e. The summed E-state index contributed by atoms with van der Waals surface area (Å²) in [6, 6.07) is 10.4. The molecule has 154 valence electrons. The molecule has 2 fully saturated rings. The number of likely N-dealkylation sites (tertiary alicyclic amines) is 2. The number of amides is 2. The summed E-state index contributed by atoms with van der Waals surface area (Å²) >= 11 is 0. The van der Waals surface area contributed by atoms with Gasteiger partial charge in [-0.25, -0.2) is 0 Å². The second-order valence-corrected chi connectivity index (χ2v) is 8.27. The van der Waals surface area contributed by atoms with Crippen molar-refractivity contribution >= 4 is 11.8 Å². The fraction of sp³-hybridized carbons (Fsp3) is 0.522. The number of carbonyl (C=O) groups is 2. The van der Waals surface area contributed by atoms with Gasteiger partial charge in [0.1, 0.15) is 11.3 Å². The number of hydrogen-bond acceptors (Lipinski definition) is 4. The number of fused-ring (bicyclic) bond motifs is 1. The van der Waals surface area contributed by atoms with Crippen LogP contribution in [0.15, 0.2) is 34.9 Å². The monoisotopic (exact) mass is 395 g/mol. The number of nitrogens with zero attached hydrogens (tertiary/aromatic N) is 3. The minimum atomic E-state index is -0.0202. The van der Waals surface area contributed by atoms with E-state index in [0.717, 1.165) is 32.2 Å². The van der Waals surface area contributed by atoms with Crippen LogP contribution in [0.25, 0.3) is 0 Å². The Labute approximate surface area is 171 Å². The molecule has 29 heavy (non-hydrogen) atoms. The number of rotatable bonds is 2. The van der Waals surface area contributed by atoms with Crippen molar-refractivity contribution in [1.82, 2.24) is 15.0 Å². The van der Waals surface area contributed by atoms with E-state index in [-0.39, 0.29) is 29.8 Å². The highest BCUT2D eigenvalue weighted by Crippen LogP contribution is 2.39. The molecule has 0 aliphatic carbocycles. The van der Waals surface area contributed by atoms with Gasteiger partial charge in [0, 0.05) is 25.9 Å². The first-order valence-corrected chi connectivity index (χ1v) is 10.5. The molecule has 0 radical (unpaired) electrons. The van der Waals surface area contributed by atoms with Crippen molar-refractivity contribution in [2.24, 2.45) is 0 Å². The molecule has 2 aliphatic rings. The predicted octanol–water partition coefficient (Wildman–Crippen LogP) is 3.69. The van der Waals surface area contributed by atoms with Gasteiger partial charge in [0.25, 0.3) is 5.91 Å². The van der Waals surface area contributed by atoms with E-state index in [1.165, 1.54) is 5.56 Å². The van der Waals surface area contributed by atoms with Crippen molar-refractivity contribution < 1.29 is 14.1 Å². The van der Waals surface area contributed by atoms with Crippen LogP contribution in [-0.2, 0) is 4.79 Å². The molecule has 0 saturated carbocycles. The highest BCUT2D eigenvalue weighted by molar-refractivity contribution is 5.96. The Morgan fingerprint density at radius 1 is 1.03 bits per heavy atom. The van der Waals surface area contributed by atoms with E-state index in [1.807, 2.05) is 22.8 Å². The van der Waals surface area contributed by atoms with Crippen LogP contribution in [0.3, 0.4) is 0 Å². The summed E-state index contributed by atoms with van der Waals surface area (Å²) in [5.74, 6) is 0.867. The smallest absolute Gasteiger partial charge is 0.259 e. The summed E-state index contributed by atoms with van der Waals surface area (Å²) in [5.41, 5.74) is 2.45. The first kappa shape index (κ1) is 19.7. The molecule has 0 unspecified atom stereocenters. The molecular formula is C23H29N3O3. The lowest BCUT2D eigenvalue weighted by Gasteiger charge is -2.49. The molecule has 4 rings (SSSR count). The third kappa shape index (κ3) is 3.56. The highest BCUT2D eigenvalue weighted by atomic mass is 16.5. The third-order valence-electron chi connectivity index (χ3n) is 6.54. The lowest BCUT2D eigenvalue weighted by Crippen LogP contribution is -2.60. The second kappa shape index (κ2) is 8.01. The number of carbonyl (C=O) groups excluding carboxylic acids is 2. The van der Waals surface area contributed by atoms with Crippen molar-refractivity contribution in [2.75, 3.05) is 13.1 Å². The van der Waals surface area contributed by atoms with Gasteiger partial charge in [-0.3, -0.25) is 9.59 Å². The standard InChI is InChI=1S/C23H29N3O3/c1-15-21(16(2)29-24-15)23(28)26-14-12-19(18-9-5-4-6-10-18)22-20(26)11-7-8-13-25(22)17(3)27/h4-6,9-10,19-20,22H,7-8,11-14H2,1-3H3/t19-,20-,22-/m1/s1. The Bertz CT molecular complexity index is 873. The average Bonchev–Trinajstić information content (AvgIpc) is 2.92. The van der Waals surface area contributed by atoms with E-state index in [1.54, 1.807) is 13.8 Å². The first-order valence-electron chi connectivity index (χ1n) is 10.5. The normalized spacial score (nSPS) is 24.7. The van der Waals surface area contributed by atoms with Crippen molar-refractivity contribution in [3.63, 3.8) is 0 Å². The van der Waals surface area contributed by atoms with E-state index in [9.17, 15) is 9.59 Å². The number of benzene rings is 1. The predicted molar refractivity (Wildman–Crippen MR) is 110 cm³/mol. The van der Waals surface area contributed by atoms with Gasteiger partial charge in [-0.2, -0.15) is 0 Å². The van der Waals surface area contributed by atoms with E-state index in [2.05, 4.69) is 29.4 Å². The Morgan fingerprint density at radius 2 is 1.79 bits per heavy atom. The van der Waals surface area contributed by atoms with Crippen molar-refractivity contribution in [3.8, 4) is 0 Å². The molecule has 2 aromatic rings. The number of piperidine rings is 1. The van der Waals surface area contributed by atoms with Gasteiger partial charge in [-0.15, -0.1) is 0 Å². The molecule has 2 aliphatic heterocycles. The first-order chi connectivity index (χ1) is 14.0. The molecule has 1 aromatic carbocycles. The summed E-state index contributed by atoms with van der Waals surface area (Å²) in [6.07, 6.45) is 3.73. The summed E-state index contributed by atoms with van der Waals surface area (Å²) in [6.45, 7) is 6.69. The van der Waals surface area contributed by atoms with Gasteiger partial charge in [-0.05, 0) is 45.1 Å². The van der Waals surface area contributed by atoms with Crippen molar-refractivity contribution in [2.45, 2.75) is 64.5 Å². The molecule has 6 heteroatoms. The maximum absolute atomic E-state index is 13.5. The number of aryl methyl sites for hydroxylation is 2. The van der Waals surface area contributed by atoms with Gasteiger partial charge in [-0.1, -0.05) is 35.5 Å². The Morgan fingerprint density at radius 3 is 2.45 bits per heavy atom. The summed E-state index contributed by atoms with van der Waals surface area (Å²) in [4.78, 5) is 30.1. The number of hydrogen-bond donors (Lipinski definition) is 0. The van der Waals surface area contributed by atoms with Crippen molar-refractivity contribution in [1.29, 1.82) is 0 Å². The molecule has 0 spiro atoms. The maximum atomic E-state index is 13.5. The van der Waals surface area contributed by atoms with Crippen LogP contribution in [-0.4, -0.2) is 51.9 Å². The van der Waals surface area contributed by atoms with E-state index < -0.39 is 0 Å². The average molecular weight is 396 g/mol. The minimum Gasteiger partial charge on any atom is -0.361 e. The maximum Gasteiger partial charge on any atom is 0.259 e. The lowest BCUT2D eigenvalue weighted by atomic mass is 9.78. The zero-order chi connectivity index (χ0) is 20.5. The molecule has 0 bridgehead atoms. The molecule has 1 aromatic heterocycles. The number of aromatic nitrogens is 1. The zero-order valence-electron chi connectivity index (χ0n) is 17.4. The van der Waals surface area contributed by atoms with Gasteiger partial charge < -0.3 is 14.3 Å². The molecular weight excluding hydrogens is 366 g/mol. The Balaban J connectivity index is 1.74. The Kier molecular flexibility index (Phi) is 5.43. The quantitative estimate of drug-likeness (QED) is 0.778.